The van der Waals surface area contributed by atoms with Gasteiger partial charge in [-0.1, -0.05) is 56.3 Å². The van der Waals surface area contributed by atoms with E-state index in [1.54, 1.807) is 12.1 Å². The van der Waals surface area contributed by atoms with E-state index in [0.717, 1.165) is 5.56 Å². The van der Waals surface area contributed by atoms with E-state index in [1.165, 1.54) is 12.1 Å². The first-order chi connectivity index (χ1) is 12.3. The molecule has 0 bridgehead atoms. The molecule has 2 aromatic rings. The summed E-state index contributed by atoms with van der Waals surface area (Å²) in [6.07, 6.45) is 0. The van der Waals surface area contributed by atoms with Crippen molar-refractivity contribution in [2.24, 2.45) is 5.92 Å². The zero-order valence-electron chi connectivity index (χ0n) is 14.8. The van der Waals surface area contributed by atoms with Crippen LogP contribution in [0, 0.1) is 5.92 Å². The van der Waals surface area contributed by atoms with Crippen LogP contribution < -0.4 is 10.0 Å². The number of benzene rings is 2. The molecular weight excluding hydrogens is 352 g/mol. The Kier molecular flexibility index (Phi) is 6.90. The highest BCUT2D eigenvalue weighted by Gasteiger charge is 2.24. The van der Waals surface area contributed by atoms with E-state index in [9.17, 15) is 18.3 Å². The molecule has 26 heavy (non-hydrogen) atoms. The fraction of sp³-hybridized carbons (Fsp3) is 0.316. The van der Waals surface area contributed by atoms with Gasteiger partial charge in [-0.25, -0.2) is 13.1 Å². The third kappa shape index (κ3) is 5.14. The lowest BCUT2D eigenvalue weighted by Crippen LogP contribution is -2.41. The minimum absolute atomic E-state index is 0.0175. The van der Waals surface area contributed by atoms with E-state index < -0.39 is 22.0 Å². The number of rotatable bonds is 8. The van der Waals surface area contributed by atoms with Crippen molar-refractivity contribution in [1.82, 2.24) is 10.0 Å². The van der Waals surface area contributed by atoms with E-state index in [2.05, 4.69) is 10.0 Å². The molecule has 0 fully saturated rings. The van der Waals surface area contributed by atoms with Gasteiger partial charge in [-0.05, 0) is 23.6 Å². The number of amides is 1. The average Bonchev–Trinajstić information content (AvgIpc) is 2.65. The van der Waals surface area contributed by atoms with Gasteiger partial charge in [0.1, 0.15) is 0 Å². The highest BCUT2D eigenvalue weighted by Crippen LogP contribution is 2.16. The van der Waals surface area contributed by atoms with Crippen molar-refractivity contribution in [3.05, 3.63) is 65.7 Å². The third-order valence-electron chi connectivity index (χ3n) is 4.05. The van der Waals surface area contributed by atoms with Crippen molar-refractivity contribution in [2.45, 2.75) is 31.3 Å². The number of hydrogen-bond acceptors (Lipinski definition) is 4. The van der Waals surface area contributed by atoms with Crippen molar-refractivity contribution >= 4 is 15.9 Å². The maximum absolute atomic E-state index is 12.7. The summed E-state index contributed by atoms with van der Waals surface area (Å²) in [6.45, 7) is 3.64. The van der Waals surface area contributed by atoms with Gasteiger partial charge in [0.05, 0.1) is 23.1 Å². The molecule has 0 spiro atoms. The first kappa shape index (κ1) is 20.1. The molecule has 0 radical (unpaired) electrons. The van der Waals surface area contributed by atoms with Crippen LogP contribution >= 0.6 is 0 Å². The molecule has 140 valence electrons. The van der Waals surface area contributed by atoms with Crippen LogP contribution in [0.25, 0.3) is 0 Å². The van der Waals surface area contributed by atoms with Crippen LogP contribution in [0.5, 0.6) is 0 Å². The molecule has 0 heterocycles. The Balaban J connectivity index is 2.22. The van der Waals surface area contributed by atoms with Crippen LogP contribution in [0.1, 0.15) is 29.8 Å². The topological polar surface area (TPSA) is 95.5 Å². The lowest BCUT2D eigenvalue weighted by Gasteiger charge is -2.20. The number of sulfonamides is 1. The Morgan fingerprint density at radius 1 is 1.04 bits per heavy atom. The molecular formula is C19H24N2O4S. The highest BCUT2D eigenvalue weighted by atomic mass is 32.2. The summed E-state index contributed by atoms with van der Waals surface area (Å²) in [5.41, 5.74) is 0.866. The summed E-state index contributed by atoms with van der Waals surface area (Å²) < 4.78 is 27.9. The molecule has 2 aromatic carbocycles. The van der Waals surface area contributed by atoms with Gasteiger partial charge in [0.2, 0.25) is 10.0 Å². The predicted molar refractivity (Wildman–Crippen MR) is 100 cm³/mol. The minimum atomic E-state index is -3.87. The lowest BCUT2D eigenvalue weighted by molar-refractivity contribution is 0.0893. The summed E-state index contributed by atoms with van der Waals surface area (Å²) >= 11 is 0. The van der Waals surface area contributed by atoms with Gasteiger partial charge in [-0.3, -0.25) is 4.79 Å². The molecule has 2 rings (SSSR count). The summed E-state index contributed by atoms with van der Waals surface area (Å²) in [5, 5.41) is 12.1. The van der Waals surface area contributed by atoms with Gasteiger partial charge in [0, 0.05) is 6.54 Å². The zero-order chi connectivity index (χ0) is 19.2. The van der Waals surface area contributed by atoms with Crippen molar-refractivity contribution in [1.29, 1.82) is 0 Å². The predicted octanol–water partition coefficient (Wildman–Crippen LogP) is 1.91. The van der Waals surface area contributed by atoms with Crippen LogP contribution in [0.15, 0.2) is 59.5 Å². The monoisotopic (exact) mass is 376 g/mol. The molecule has 1 atom stereocenters. The summed E-state index contributed by atoms with van der Waals surface area (Å²) in [4.78, 5) is 12.5. The second kappa shape index (κ2) is 8.93. The first-order valence-electron chi connectivity index (χ1n) is 8.39. The van der Waals surface area contributed by atoms with Crippen LogP contribution in [-0.2, 0) is 16.6 Å². The van der Waals surface area contributed by atoms with Gasteiger partial charge in [0.25, 0.3) is 5.91 Å². The van der Waals surface area contributed by atoms with Crippen LogP contribution in [-0.4, -0.2) is 32.1 Å². The summed E-state index contributed by atoms with van der Waals surface area (Å²) in [7, 11) is -3.87. The molecule has 0 unspecified atom stereocenters. The molecule has 0 aliphatic carbocycles. The number of carbonyl (C=O) groups is 1. The third-order valence-corrected chi connectivity index (χ3v) is 5.51. The fourth-order valence-electron chi connectivity index (χ4n) is 2.41. The number of aliphatic hydroxyl groups excluding tert-OH is 1. The zero-order valence-corrected chi connectivity index (χ0v) is 15.7. The second-order valence-corrected chi connectivity index (χ2v) is 8.05. The Morgan fingerprint density at radius 2 is 1.65 bits per heavy atom. The SMILES string of the molecule is CC(C)[C@@H](CO)NC(=O)c1ccccc1S(=O)(=O)NCc1ccccc1. The second-order valence-electron chi connectivity index (χ2n) is 6.31. The van der Waals surface area contributed by atoms with Crippen molar-refractivity contribution in [3.8, 4) is 0 Å². The molecule has 0 aliphatic heterocycles. The fourth-order valence-corrected chi connectivity index (χ4v) is 3.63. The Hall–Kier alpha value is -2.22. The molecule has 0 aliphatic rings. The van der Waals surface area contributed by atoms with Gasteiger partial charge >= 0.3 is 0 Å². The smallest absolute Gasteiger partial charge is 0.252 e. The number of hydrogen-bond donors (Lipinski definition) is 3. The molecule has 0 aromatic heterocycles. The van der Waals surface area contributed by atoms with Gasteiger partial charge in [-0.15, -0.1) is 0 Å². The van der Waals surface area contributed by atoms with Crippen LogP contribution in [0.4, 0.5) is 0 Å². The van der Waals surface area contributed by atoms with E-state index in [-0.39, 0.29) is 29.5 Å². The van der Waals surface area contributed by atoms with Gasteiger partial charge < -0.3 is 10.4 Å². The van der Waals surface area contributed by atoms with Crippen molar-refractivity contribution in [2.75, 3.05) is 6.61 Å². The normalized spacial score (nSPS) is 12.8. The van der Waals surface area contributed by atoms with E-state index in [1.807, 2.05) is 44.2 Å². The molecule has 0 saturated heterocycles. The lowest BCUT2D eigenvalue weighted by atomic mass is 10.0. The van der Waals surface area contributed by atoms with Crippen LogP contribution in [0.2, 0.25) is 0 Å². The van der Waals surface area contributed by atoms with Gasteiger partial charge in [-0.2, -0.15) is 0 Å². The quantitative estimate of drug-likeness (QED) is 0.656. The molecule has 6 nitrogen and oxygen atoms in total. The molecule has 1 amide bonds. The standard InChI is InChI=1S/C19H24N2O4S/c1-14(2)17(13-22)21-19(23)16-10-6-7-11-18(16)26(24,25)20-12-15-8-4-3-5-9-15/h3-11,14,17,20,22H,12-13H2,1-2H3,(H,21,23)/t17-/m1/s1. The number of carbonyl (C=O) groups excluding carboxylic acids is 1. The number of aliphatic hydroxyl groups is 1. The Labute approximate surface area is 154 Å². The van der Waals surface area contributed by atoms with Gasteiger partial charge in [0.15, 0.2) is 0 Å². The maximum Gasteiger partial charge on any atom is 0.252 e. The van der Waals surface area contributed by atoms with E-state index in [0.29, 0.717) is 0 Å². The Bertz CT molecular complexity index is 836. The van der Waals surface area contributed by atoms with Crippen LogP contribution in [0.3, 0.4) is 0 Å². The summed E-state index contributed by atoms with van der Waals surface area (Å²) in [6, 6.07) is 14.7. The largest absolute Gasteiger partial charge is 0.394 e. The minimum Gasteiger partial charge on any atom is -0.394 e. The average molecular weight is 376 g/mol. The first-order valence-corrected chi connectivity index (χ1v) is 9.88. The molecule has 7 heteroatoms. The highest BCUT2D eigenvalue weighted by molar-refractivity contribution is 7.89. The molecule has 0 saturated carbocycles. The number of nitrogens with one attached hydrogen (secondary N) is 2. The Morgan fingerprint density at radius 3 is 2.27 bits per heavy atom. The van der Waals surface area contributed by atoms with Crippen molar-refractivity contribution < 1.29 is 18.3 Å². The van der Waals surface area contributed by atoms with E-state index >= 15 is 0 Å². The summed E-state index contributed by atoms with van der Waals surface area (Å²) in [5.74, 6) is -0.512. The maximum atomic E-state index is 12.7. The molecule has 3 N–H and O–H groups in total. The van der Waals surface area contributed by atoms with Crippen molar-refractivity contribution in [3.63, 3.8) is 0 Å². The van der Waals surface area contributed by atoms with E-state index in [4.69, 9.17) is 0 Å².